The maximum absolute atomic E-state index is 13.0. The van der Waals surface area contributed by atoms with E-state index in [0.717, 1.165) is 16.7 Å². The molecular weight excluding hydrogens is 415 g/mol. The lowest BCUT2D eigenvalue weighted by atomic mass is 10.1. The van der Waals surface area contributed by atoms with Gasteiger partial charge in [0.05, 0.1) is 5.02 Å². The normalized spacial score (nSPS) is 11.0. The van der Waals surface area contributed by atoms with E-state index >= 15 is 0 Å². The largest absolute Gasteiger partial charge is 0.487 e. The van der Waals surface area contributed by atoms with Crippen LogP contribution >= 0.6 is 11.6 Å². The number of carbonyl (C=O) groups excluding carboxylic acids is 1. The van der Waals surface area contributed by atoms with Crippen molar-refractivity contribution in [2.75, 3.05) is 5.32 Å². The van der Waals surface area contributed by atoms with E-state index in [9.17, 15) is 14.4 Å². The first-order valence-electron chi connectivity index (χ1n) is 9.53. The number of nitrogens with zero attached hydrogens (tertiary/aromatic N) is 1. The first-order chi connectivity index (χ1) is 14.9. The number of carbonyl (C=O) groups is 1. The third kappa shape index (κ3) is 5.71. The van der Waals surface area contributed by atoms with Crippen LogP contribution in [0, 0.1) is 31.0 Å². The van der Waals surface area contributed by atoms with Crippen LogP contribution in [0.2, 0.25) is 5.02 Å². The van der Waals surface area contributed by atoms with Gasteiger partial charge in [0.25, 0.3) is 5.91 Å². The number of anilines is 1. The Morgan fingerprint density at radius 1 is 1.16 bits per heavy atom. The molecule has 0 aromatic heterocycles. The monoisotopic (exact) mass is 434 g/mol. The van der Waals surface area contributed by atoms with Gasteiger partial charge in [0.2, 0.25) is 0 Å². The van der Waals surface area contributed by atoms with Crippen molar-refractivity contribution in [3.05, 3.63) is 99.3 Å². The van der Waals surface area contributed by atoms with E-state index in [-0.39, 0.29) is 18.0 Å². The number of hydrogen-bond acceptors (Lipinski definition) is 3. The molecule has 3 rings (SSSR count). The molecule has 31 heavy (non-hydrogen) atoms. The summed E-state index contributed by atoms with van der Waals surface area (Å²) >= 11 is 6.30. The molecule has 0 unspecified atom stereocenters. The molecule has 0 saturated heterocycles. The Morgan fingerprint density at radius 3 is 2.58 bits per heavy atom. The molecule has 0 aliphatic rings. The molecule has 0 heterocycles. The van der Waals surface area contributed by atoms with Gasteiger partial charge in [-0.05, 0) is 72.5 Å². The van der Waals surface area contributed by atoms with Crippen molar-refractivity contribution < 1.29 is 13.9 Å². The Kier molecular flexibility index (Phi) is 7.07. The summed E-state index contributed by atoms with van der Waals surface area (Å²) in [6.45, 7) is 4.09. The van der Waals surface area contributed by atoms with Crippen LogP contribution in [0.1, 0.15) is 22.3 Å². The number of benzene rings is 3. The second-order valence-corrected chi connectivity index (χ2v) is 7.38. The first-order valence-corrected chi connectivity index (χ1v) is 9.91. The molecule has 3 aromatic carbocycles. The Bertz CT molecular complexity index is 1180. The maximum Gasteiger partial charge on any atom is 0.266 e. The highest BCUT2D eigenvalue weighted by atomic mass is 35.5. The van der Waals surface area contributed by atoms with Crippen LogP contribution < -0.4 is 10.1 Å². The predicted molar refractivity (Wildman–Crippen MR) is 120 cm³/mol. The van der Waals surface area contributed by atoms with Gasteiger partial charge in [0.15, 0.2) is 0 Å². The Balaban J connectivity index is 1.72. The van der Waals surface area contributed by atoms with Gasteiger partial charge < -0.3 is 10.1 Å². The minimum atomic E-state index is -0.496. The van der Waals surface area contributed by atoms with E-state index in [2.05, 4.69) is 5.32 Å². The third-order valence-electron chi connectivity index (χ3n) is 4.79. The quantitative estimate of drug-likeness (QED) is 0.370. The van der Waals surface area contributed by atoms with Gasteiger partial charge in [-0.25, -0.2) is 4.39 Å². The van der Waals surface area contributed by atoms with Crippen LogP contribution in [-0.4, -0.2) is 5.91 Å². The van der Waals surface area contributed by atoms with Crippen molar-refractivity contribution in [2.45, 2.75) is 20.5 Å². The SMILES string of the molecule is Cc1cccc(NC(=O)/C(C#N)=C/c2ccc(OCc3ccc(F)cc3)c(Cl)c2)c1C. The standard InChI is InChI=1S/C25H20ClFN2O2/c1-16-4-3-5-23(17(16)2)29-25(30)20(14-28)12-19-8-11-24(22(26)13-19)31-15-18-6-9-21(27)10-7-18/h3-13H,15H2,1-2H3,(H,29,30)/b20-12+. The summed E-state index contributed by atoms with van der Waals surface area (Å²) in [5.41, 5.74) is 4.00. The van der Waals surface area contributed by atoms with Crippen LogP contribution in [0.4, 0.5) is 10.1 Å². The summed E-state index contributed by atoms with van der Waals surface area (Å²) in [6, 6.07) is 18.5. The second-order valence-electron chi connectivity index (χ2n) is 6.98. The van der Waals surface area contributed by atoms with E-state index in [1.54, 1.807) is 36.4 Å². The van der Waals surface area contributed by atoms with Gasteiger partial charge in [-0.1, -0.05) is 41.9 Å². The molecule has 0 aliphatic carbocycles. The highest BCUT2D eigenvalue weighted by Gasteiger charge is 2.12. The number of ether oxygens (including phenoxy) is 1. The Morgan fingerprint density at radius 2 is 1.90 bits per heavy atom. The number of nitrogens with one attached hydrogen (secondary N) is 1. The van der Waals surface area contributed by atoms with Crippen LogP contribution in [0.15, 0.2) is 66.2 Å². The minimum Gasteiger partial charge on any atom is -0.487 e. The lowest BCUT2D eigenvalue weighted by molar-refractivity contribution is -0.112. The van der Waals surface area contributed by atoms with Crippen molar-refractivity contribution in [2.24, 2.45) is 0 Å². The molecule has 0 radical (unpaired) electrons. The van der Waals surface area contributed by atoms with Crippen molar-refractivity contribution in [1.29, 1.82) is 5.26 Å². The molecule has 1 N–H and O–H groups in total. The number of rotatable bonds is 6. The molecule has 0 atom stereocenters. The molecule has 1 amide bonds. The van der Waals surface area contributed by atoms with Gasteiger partial charge in [-0.15, -0.1) is 0 Å². The number of nitriles is 1. The van der Waals surface area contributed by atoms with Crippen LogP contribution in [0.5, 0.6) is 5.75 Å². The third-order valence-corrected chi connectivity index (χ3v) is 5.09. The highest BCUT2D eigenvalue weighted by Crippen LogP contribution is 2.27. The highest BCUT2D eigenvalue weighted by molar-refractivity contribution is 6.32. The van der Waals surface area contributed by atoms with Crippen molar-refractivity contribution >= 4 is 29.3 Å². The summed E-state index contributed by atoms with van der Waals surface area (Å²) in [6.07, 6.45) is 1.47. The molecule has 156 valence electrons. The average molecular weight is 435 g/mol. The topological polar surface area (TPSA) is 62.1 Å². The average Bonchev–Trinajstić information content (AvgIpc) is 2.75. The van der Waals surface area contributed by atoms with E-state index in [4.69, 9.17) is 16.3 Å². The van der Waals surface area contributed by atoms with Crippen LogP contribution in [-0.2, 0) is 11.4 Å². The molecule has 6 heteroatoms. The molecule has 4 nitrogen and oxygen atoms in total. The molecule has 0 aliphatic heterocycles. The zero-order valence-corrected chi connectivity index (χ0v) is 17.8. The van der Waals surface area contributed by atoms with Crippen LogP contribution in [0.25, 0.3) is 6.08 Å². The Labute approximate surface area is 185 Å². The minimum absolute atomic E-state index is 0.0445. The summed E-state index contributed by atoms with van der Waals surface area (Å²) in [5.74, 6) is -0.363. The van der Waals surface area contributed by atoms with Crippen molar-refractivity contribution in [1.82, 2.24) is 0 Å². The molecule has 0 fully saturated rings. The van der Waals surface area contributed by atoms with E-state index in [1.807, 2.05) is 32.0 Å². The fourth-order valence-corrected chi connectivity index (χ4v) is 3.10. The zero-order chi connectivity index (χ0) is 22.4. The Hall–Kier alpha value is -3.62. The van der Waals surface area contributed by atoms with E-state index < -0.39 is 5.91 Å². The smallest absolute Gasteiger partial charge is 0.266 e. The van der Waals surface area contributed by atoms with E-state index in [1.165, 1.54) is 18.2 Å². The number of halogens is 2. The van der Waals surface area contributed by atoms with Crippen molar-refractivity contribution in [3.63, 3.8) is 0 Å². The summed E-state index contributed by atoms with van der Waals surface area (Å²) < 4.78 is 18.7. The van der Waals surface area contributed by atoms with Gasteiger partial charge in [-0.3, -0.25) is 4.79 Å². The summed E-state index contributed by atoms with van der Waals surface area (Å²) in [4.78, 5) is 12.6. The zero-order valence-electron chi connectivity index (χ0n) is 17.1. The molecule has 0 spiro atoms. The van der Waals surface area contributed by atoms with Gasteiger partial charge in [0, 0.05) is 5.69 Å². The number of amides is 1. The van der Waals surface area contributed by atoms with Gasteiger partial charge >= 0.3 is 0 Å². The molecular formula is C25H20ClFN2O2. The van der Waals surface area contributed by atoms with Gasteiger partial charge in [0.1, 0.15) is 29.8 Å². The fourth-order valence-electron chi connectivity index (χ4n) is 2.86. The molecule has 0 saturated carbocycles. The van der Waals surface area contributed by atoms with E-state index in [0.29, 0.717) is 22.0 Å². The summed E-state index contributed by atoms with van der Waals surface area (Å²) in [7, 11) is 0. The van der Waals surface area contributed by atoms with Crippen molar-refractivity contribution in [3.8, 4) is 11.8 Å². The number of hydrogen-bond donors (Lipinski definition) is 1. The second kappa shape index (κ2) is 9.92. The molecule has 0 bridgehead atoms. The maximum atomic E-state index is 13.0. The predicted octanol–water partition coefficient (Wildman–Crippen LogP) is 6.22. The number of aryl methyl sites for hydroxylation is 1. The summed E-state index contributed by atoms with van der Waals surface area (Å²) in [5, 5.41) is 12.6. The lowest BCUT2D eigenvalue weighted by Gasteiger charge is -2.10. The van der Waals surface area contributed by atoms with Gasteiger partial charge in [-0.2, -0.15) is 5.26 Å². The molecule has 3 aromatic rings. The first kappa shape index (κ1) is 22.1. The lowest BCUT2D eigenvalue weighted by Crippen LogP contribution is -2.14. The fraction of sp³-hybridized carbons (Fsp3) is 0.120. The van der Waals surface area contributed by atoms with Crippen LogP contribution in [0.3, 0.4) is 0 Å².